The molecular formula is C7H17IP+. The standard InChI is InChI=1S/C7H17IP/c1-6(2)9(5,8)7(3)4/h6-7H,1-5H3/q+1. The van der Waals surface area contributed by atoms with Gasteiger partial charge >= 0.3 is 0 Å². The van der Waals surface area contributed by atoms with Gasteiger partial charge in [0.2, 0.25) is 0 Å². The van der Waals surface area contributed by atoms with Crippen LogP contribution < -0.4 is 0 Å². The lowest BCUT2D eigenvalue weighted by Crippen LogP contribution is -2.07. The van der Waals surface area contributed by atoms with E-state index in [2.05, 4.69) is 56.4 Å². The molecule has 0 radical (unpaired) electrons. The van der Waals surface area contributed by atoms with Crippen LogP contribution in [0.2, 0.25) is 0 Å². The first kappa shape index (κ1) is 10.2. The summed E-state index contributed by atoms with van der Waals surface area (Å²) in [6, 6.07) is 0. The van der Waals surface area contributed by atoms with Gasteiger partial charge in [0.25, 0.3) is 0 Å². The molecular weight excluding hydrogens is 242 g/mol. The second-order valence-corrected chi connectivity index (χ2v) is 13.6. The van der Waals surface area contributed by atoms with Crippen molar-refractivity contribution in [3.05, 3.63) is 0 Å². The van der Waals surface area contributed by atoms with Gasteiger partial charge in [-0.1, -0.05) is 0 Å². The first-order valence-electron chi connectivity index (χ1n) is 3.44. The lowest BCUT2D eigenvalue weighted by molar-refractivity contribution is 1.01. The maximum absolute atomic E-state index is 2.67. The van der Waals surface area contributed by atoms with Crippen LogP contribution in [0.4, 0.5) is 0 Å². The van der Waals surface area contributed by atoms with Crippen LogP contribution in [-0.4, -0.2) is 18.0 Å². The Hall–Kier alpha value is 1.16. The molecule has 0 heterocycles. The molecule has 0 saturated carbocycles. The molecule has 0 saturated heterocycles. The fourth-order valence-corrected chi connectivity index (χ4v) is 1.79. The van der Waals surface area contributed by atoms with Crippen molar-refractivity contribution in [2.45, 2.75) is 39.0 Å². The first-order valence-corrected chi connectivity index (χ1v) is 8.60. The zero-order valence-electron chi connectivity index (χ0n) is 6.98. The van der Waals surface area contributed by atoms with Gasteiger partial charge in [-0.2, -0.15) is 0 Å². The van der Waals surface area contributed by atoms with Crippen molar-refractivity contribution in [1.29, 1.82) is 0 Å². The SMILES string of the molecule is CC(C)[P+](C)(I)C(C)C. The van der Waals surface area contributed by atoms with Crippen molar-refractivity contribution in [1.82, 2.24) is 0 Å². The van der Waals surface area contributed by atoms with Gasteiger partial charge in [-0.15, -0.1) is 0 Å². The molecule has 0 bridgehead atoms. The Morgan fingerprint density at radius 3 is 1.22 bits per heavy atom. The predicted octanol–water partition coefficient (Wildman–Crippen LogP) is 3.80. The third-order valence-corrected chi connectivity index (χ3v) is 12.7. The van der Waals surface area contributed by atoms with Crippen molar-refractivity contribution in [3.8, 4) is 0 Å². The third-order valence-electron chi connectivity index (χ3n) is 2.02. The van der Waals surface area contributed by atoms with Gasteiger partial charge in [-0.25, -0.2) is 0 Å². The van der Waals surface area contributed by atoms with E-state index in [4.69, 9.17) is 0 Å². The van der Waals surface area contributed by atoms with Crippen LogP contribution in [0.15, 0.2) is 0 Å². The Morgan fingerprint density at radius 2 is 1.22 bits per heavy atom. The highest BCUT2D eigenvalue weighted by molar-refractivity contribution is 14.2. The average Bonchev–Trinajstić information content (AvgIpc) is 1.65. The average molecular weight is 259 g/mol. The number of hydrogen-bond acceptors (Lipinski definition) is 0. The van der Waals surface area contributed by atoms with E-state index in [1.165, 1.54) is 0 Å². The van der Waals surface area contributed by atoms with Gasteiger partial charge in [0.1, 0.15) is 0 Å². The molecule has 2 heteroatoms. The monoisotopic (exact) mass is 259 g/mol. The lowest BCUT2D eigenvalue weighted by Gasteiger charge is -2.22. The molecule has 0 aromatic carbocycles. The molecule has 0 N–H and O–H groups in total. The molecule has 9 heavy (non-hydrogen) atoms. The fraction of sp³-hybridized carbons (Fsp3) is 1.00. The first-order chi connectivity index (χ1) is 3.89. The summed E-state index contributed by atoms with van der Waals surface area (Å²) >= 11 is 2.67. The van der Waals surface area contributed by atoms with Gasteiger partial charge < -0.3 is 0 Å². The molecule has 0 aliphatic heterocycles. The Kier molecular flexibility index (Phi) is 3.98. The van der Waals surface area contributed by atoms with E-state index < -0.39 is 4.90 Å². The summed E-state index contributed by atoms with van der Waals surface area (Å²) in [5, 5.41) is 0. The van der Waals surface area contributed by atoms with Crippen molar-refractivity contribution in [2.75, 3.05) is 6.66 Å². The van der Waals surface area contributed by atoms with Crippen LogP contribution in [0.3, 0.4) is 0 Å². The molecule has 0 fully saturated rings. The number of halogens is 1. The van der Waals surface area contributed by atoms with Crippen LogP contribution in [-0.2, 0) is 0 Å². The Morgan fingerprint density at radius 1 is 1.00 bits per heavy atom. The van der Waals surface area contributed by atoms with Crippen LogP contribution in [0.25, 0.3) is 0 Å². The van der Waals surface area contributed by atoms with Gasteiger partial charge in [-0.3, -0.25) is 0 Å². The summed E-state index contributed by atoms with van der Waals surface area (Å²) in [5.41, 5.74) is 1.77. The van der Waals surface area contributed by atoms with Gasteiger partial charge in [0.15, 0.2) is 22.0 Å². The van der Waals surface area contributed by atoms with Gasteiger partial charge in [-0.05, 0) is 27.7 Å². The van der Waals surface area contributed by atoms with Crippen molar-refractivity contribution in [2.24, 2.45) is 0 Å². The molecule has 0 aliphatic rings. The number of rotatable bonds is 2. The highest BCUT2D eigenvalue weighted by Gasteiger charge is 2.36. The summed E-state index contributed by atoms with van der Waals surface area (Å²) < 4.78 is 0. The van der Waals surface area contributed by atoms with E-state index in [1.54, 1.807) is 0 Å². The minimum Gasteiger partial charge on any atom is -0.0279 e. The topological polar surface area (TPSA) is 0 Å². The Bertz CT molecular complexity index is 76.9. The third kappa shape index (κ3) is 2.71. The molecule has 0 rings (SSSR count). The highest BCUT2D eigenvalue weighted by Crippen LogP contribution is 2.70. The van der Waals surface area contributed by atoms with E-state index in [9.17, 15) is 0 Å². The van der Waals surface area contributed by atoms with Gasteiger partial charge in [0, 0.05) is 0 Å². The second-order valence-electron chi connectivity index (χ2n) is 3.22. The molecule has 0 unspecified atom stereocenters. The van der Waals surface area contributed by atoms with E-state index in [0.29, 0.717) is 0 Å². The van der Waals surface area contributed by atoms with E-state index in [0.717, 1.165) is 11.3 Å². The van der Waals surface area contributed by atoms with Crippen LogP contribution in [0, 0.1) is 0 Å². The summed E-state index contributed by atoms with van der Waals surface area (Å²) in [5.74, 6) is 0. The predicted molar refractivity (Wildman–Crippen MR) is 57.1 cm³/mol. The maximum Gasteiger partial charge on any atom is 0.154 e. The molecule has 0 aromatic rings. The zero-order valence-corrected chi connectivity index (χ0v) is 10.0. The van der Waals surface area contributed by atoms with Crippen LogP contribution >= 0.6 is 26.9 Å². The zero-order chi connectivity index (χ0) is 7.65. The van der Waals surface area contributed by atoms with E-state index in [-0.39, 0.29) is 0 Å². The van der Waals surface area contributed by atoms with Gasteiger partial charge in [0.05, 0.1) is 22.9 Å². The normalized spacial score (nSPS) is 13.3. The van der Waals surface area contributed by atoms with E-state index >= 15 is 0 Å². The lowest BCUT2D eigenvalue weighted by atomic mass is 10.5. The van der Waals surface area contributed by atoms with Crippen molar-refractivity contribution >= 4 is 26.9 Å². The minimum absolute atomic E-state index is 0.616. The molecule has 0 spiro atoms. The van der Waals surface area contributed by atoms with Crippen LogP contribution in [0.1, 0.15) is 27.7 Å². The van der Waals surface area contributed by atoms with Crippen molar-refractivity contribution < 1.29 is 0 Å². The van der Waals surface area contributed by atoms with Crippen molar-refractivity contribution in [3.63, 3.8) is 0 Å². The fourth-order valence-electron chi connectivity index (χ4n) is 0.596. The maximum atomic E-state index is 2.67. The summed E-state index contributed by atoms with van der Waals surface area (Å²) in [4.78, 5) is -0.616. The van der Waals surface area contributed by atoms with E-state index in [1.807, 2.05) is 0 Å². The Labute approximate surface area is 72.6 Å². The summed E-state index contributed by atoms with van der Waals surface area (Å²) in [6.45, 7) is 11.8. The Balaban J connectivity index is 4.01. The molecule has 0 aliphatic carbocycles. The minimum atomic E-state index is -0.616. The second kappa shape index (κ2) is 3.52. The molecule has 56 valence electrons. The highest BCUT2D eigenvalue weighted by atomic mass is 127. The quantitative estimate of drug-likeness (QED) is 0.522. The molecule has 0 atom stereocenters. The smallest absolute Gasteiger partial charge is 0.0279 e. The summed E-state index contributed by atoms with van der Waals surface area (Å²) in [6.07, 6.45) is 0. The summed E-state index contributed by atoms with van der Waals surface area (Å²) in [7, 11) is 0. The number of hydrogen-bond donors (Lipinski definition) is 0. The molecule has 0 aromatic heterocycles. The largest absolute Gasteiger partial charge is 0.154 e. The molecule has 0 amide bonds. The molecule has 0 nitrogen and oxygen atoms in total. The van der Waals surface area contributed by atoms with Crippen LogP contribution in [0.5, 0.6) is 0 Å².